The zero-order valence-corrected chi connectivity index (χ0v) is 19.3. The van der Waals surface area contributed by atoms with E-state index in [2.05, 4.69) is 10.1 Å². The number of nitrogens with zero attached hydrogens (tertiary/aromatic N) is 2. The number of rotatable bonds is 6. The molecule has 0 radical (unpaired) electrons. The van der Waals surface area contributed by atoms with Crippen molar-refractivity contribution in [2.24, 2.45) is 0 Å². The second-order valence-corrected chi connectivity index (χ2v) is 8.39. The number of urea groups is 1. The van der Waals surface area contributed by atoms with Gasteiger partial charge in [-0.1, -0.05) is 24.3 Å². The predicted molar refractivity (Wildman–Crippen MR) is 126 cm³/mol. The topological polar surface area (TPSA) is 61.9 Å². The SMILES string of the molecule is Cc1ccc(N2CCCN(Cc3ccc(OC(F)(F)F)cc3)C2=O)c(NC(=O)c2cccc(F)c2)c1. The van der Waals surface area contributed by atoms with Gasteiger partial charge in [-0.05, 0) is 66.9 Å². The van der Waals surface area contributed by atoms with Crippen molar-refractivity contribution in [3.05, 3.63) is 89.2 Å². The molecule has 0 saturated carbocycles. The summed E-state index contributed by atoms with van der Waals surface area (Å²) in [6.07, 6.45) is -4.13. The van der Waals surface area contributed by atoms with E-state index < -0.39 is 18.1 Å². The second-order valence-electron chi connectivity index (χ2n) is 8.39. The molecule has 1 aliphatic heterocycles. The van der Waals surface area contributed by atoms with Gasteiger partial charge in [-0.3, -0.25) is 9.69 Å². The molecule has 0 spiro atoms. The Labute approximate surface area is 205 Å². The molecule has 6 nitrogen and oxygen atoms in total. The van der Waals surface area contributed by atoms with E-state index in [0.717, 1.165) is 11.6 Å². The maximum Gasteiger partial charge on any atom is 0.573 e. The monoisotopic (exact) mass is 501 g/mol. The molecule has 0 atom stereocenters. The molecule has 4 rings (SSSR count). The van der Waals surface area contributed by atoms with Crippen LogP contribution in [0.2, 0.25) is 0 Å². The fourth-order valence-electron chi connectivity index (χ4n) is 3.98. The van der Waals surface area contributed by atoms with Gasteiger partial charge < -0.3 is 15.0 Å². The summed E-state index contributed by atoms with van der Waals surface area (Å²) in [5.41, 5.74) is 2.55. The van der Waals surface area contributed by atoms with Crippen LogP contribution in [-0.2, 0) is 6.54 Å². The third kappa shape index (κ3) is 6.12. The number of amides is 3. The van der Waals surface area contributed by atoms with Crippen molar-refractivity contribution in [1.29, 1.82) is 0 Å². The Kier molecular flexibility index (Phi) is 7.14. The molecule has 1 fully saturated rings. The van der Waals surface area contributed by atoms with Crippen LogP contribution in [0.1, 0.15) is 27.9 Å². The first-order valence-corrected chi connectivity index (χ1v) is 11.2. The van der Waals surface area contributed by atoms with Crippen molar-refractivity contribution in [2.45, 2.75) is 26.3 Å². The van der Waals surface area contributed by atoms with Gasteiger partial charge in [-0.25, -0.2) is 9.18 Å². The number of hydrogen-bond acceptors (Lipinski definition) is 3. The van der Waals surface area contributed by atoms with E-state index in [9.17, 15) is 27.2 Å². The summed E-state index contributed by atoms with van der Waals surface area (Å²) < 4.78 is 54.7. The average Bonchev–Trinajstić information content (AvgIpc) is 2.81. The minimum absolute atomic E-state index is 0.145. The number of anilines is 2. The Bertz CT molecular complexity index is 1260. The Morgan fingerprint density at radius 1 is 1.03 bits per heavy atom. The minimum Gasteiger partial charge on any atom is -0.406 e. The lowest BCUT2D eigenvalue weighted by Crippen LogP contribution is -2.49. The van der Waals surface area contributed by atoms with Crippen molar-refractivity contribution in [3.63, 3.8) is 0 Å². The van der Waals surface area contributed by atoms with Crippen molar-refractivity contribution in [3.8, 4) is 5.75 Å². The summed E-state index contributed by atoms with van der Waals surface area (Å²) in [6.45, 7) is 2.92. The summed E-state index contributed by atoms with van der Waals surface area (Å²) in [4.78, 5) is 29.2. The molecule has 3 aromatic rings. The molecule has 3 amide bonds. The number of carbonyl (C=O) groups is 2. The highest BCUT2D eigenvalue weighted by Gasteiger charge is 2.31. The van der Waals surface area contributed by atoms with Gasteiger partial charge in [0.1, 0.15) is 11.6 Å². The van der Waals surface area contributed by atoms with Crippen LogP contribution in [0, 0.1) is 12.7 Å². The van der Waals surface area contributed by atoms with Crippen molar-refractivity contribution >= 4 is 23.3 Å². The summed E-state index contributed by atoms with van der Waals surface area (Å²) in [7, 11) is 0. The Balaban J connectivity index is 1.51. The molecule has 1 aliphatic rings. The van der Waals surface area contributed by atoms with E-state index in [1.807, 2.05) is 13.0 Å². The van der Waals surface area contributed by atoms with Crippen LogP contribution >= 0.6 is 0 Å². The van der Waals surface area contributed by atoms with Crippen LogP contribution < -0.4 is 15.0 Å². The van der Waals surface area contributed by atoms with Gasteiger partial charge in [0.25, 0.3) is 5.91 Å². The van der Waals surface area contributed by atoms with Gasteiger partial charge in [0.2, 0.25) is 0 Å². The molecule has 1 N–H and O–H groups in total. The van der Waals surface area contributed by atoms with E-state index in [0.29, 0.717) is 36.4 Å². The number of halogens is 4. The fraction of sp³-hybridized carbons (Fsp3) is 0.231. The van der Waals surface area contributed by atoms with E-state index >= 15 is 0 Å². The molecule has 36 heavy (non-hydrogen) atoms. The molecule has 0 unspecified atom stereocenters. The summed E-state index contributed by atoms with van der Waals surface area (Å²) in [5, 5.41) is 2.78. The van der Waals surface area contributed by atoms with E-state index in [1.54, 1.807) is 21.9 Å². The smallest absolute Gasteiger partial charge is 0.406 e. The Morgan fingerprint density at radius 3 is 2.47 bits per heavy atom. The largest absolute Gasteiger partial charge is 0.573 e. The van der Waals surface area contributed by atoms with Gasteiger partial charge in [0.15, 0.2) is 0 Å². The molecule has 1 heterocycles. The van der Waals surface area contributed by atoms with Gasteiger partial charge >= 0.3 is 12.4 Å². The number of aryl methyl sites for hydroxylation is 1. The van der Waals surface area contributed by atoms with Crippen molar-refractivity contribution in [2.75, 3.05) is 23.3 Å². The van der Waals surface area contributed by atoms with E-state index in [-0.39, 0.29) is 23.9 Å². The highest BCUT2D eigenvalue weighted by atomic mass is 19.4. The molecular weight excluding hydrogens is 478 g/mol. The molecule has 0 aliphatic carbocycles. The third-order valence-corrected chi connectivity index (χ3v) is 5.62. The maximum atomic E-state index is 13.6. The molecular formula is C26H23F4N3O3. The number of hydrogen-bond donors (Lipinski definition) is 1. The average molecular weight is 501 g/mol. The Morgan fingerprint density at radius 2 is 1.78 bits per heavy atom. The second kappa shape index (κ2) is 10.3. The lowest BCUT2D eigenvalue weighted by molar-refractivity contribution is -0.274. The molecule has 188 valence electrons. The van der Waals surface area contributed by atoms with Crippen LogP contribution in [0.5, 0.6) is 5.75 Å². The third-order valence-electron chi connectivity index (χ3n) is 5.62. The van der Waals surface area contributed by atoms with Gasteiger partial charge in [0, 0.05) is 25.2 Å². The lowest BCUT2D eigenvalue weighted by Gasteiger charge is -2.36. The van der Waals surface area contributed by atoms with Gasteiger partial charge in [-0.2, -0.15) is 0 Å². The quantitative estimate of drug-likeness (QED) is 0.414. The molecule has 0 aromatic heterocycles. The number of carbonyl (C=O) groups excluding carboxylic acids is 2. The molecule has 3 aromatic carbocycles. The first-order valence-electron chi connectivity index (χ1n) is 11.2. The number of benzene rings is 3. The van der Waals surface area contributed by atoms with Crippen LogP contribution in [0.25, 0.3) is 0 Å². The van der Waals surface area contributed by atoms with Crippen LogP contribution in [0.4, 0.5) is 33.7 Å². The van der Waals surface area contributed by atoms with Crippen LogP contribution in [0.3, 0.4) is 0 Å². The lowest BCUT2D eigenvalue weighted by atomic mass is 10.1. The molecule has 1 saturated heterocycles. The highest BCUT2D eigenvalue weighted by Crippen LogP contribution is 2.31. The number of ether oxygens (including phenoxy) is 1. The summed E-state index contributed by atoms with van der Waals surface area (Å²) in [6, 6.07) is 15.6. The predicted octanol–water partition coefficient (Wildman–Crippen LogP) is 6.12. The standard InChI is InChI=1S/C26H23F4N3O3/c1-17-6-11-23(22(14-17)31-24(34)19-4-2-5-20(27)15-19)33-13-3-12-32(25(33)35)16-18-7-9-21(10-8-18)36-26(28,29)30/h2,4-11,14-15H,3,12-13,16H2,1H3,(H,31,34). The maximum absolute atomic E-state index is 13.6. The first kappa shape index (κ1) is 25.0. The van der Waals surface area contributed by atoms with Gasteiger partial charge in [-0.15, -0.1) is 13.2 Å². The zero-order chi connectivity index (χ0) is 25.9. The highest BCUT2D eigenvalue weighted by molar-refractivity contribution is 6.07. The molecule has 0 bridgehead atoms. The van der Waals surface area contributed by atoms with Crippen molar-refractivity contribution in [1.82, 2.24) is 4.90 Å². The van der Waals surface area contributed by atoms with Crippen LogP contribution in [0.15, 0.2) is 66.7 Å². The summed E-state index contributed by atoms with van der Waals surface area (Å²) in [5.74, 6) is -1.38. The Hall–Kier alpha value is -4.08. The fourth-order valence-corrected chi connectivity index (χ4v) is 3.98. The molecule has 10 heteroatoms. The number of nitrogens with one attached hydrogen (secondary N) is 1. The normalized spacial score (nSPS) is 14.1. The zero-order valence-electron chi connectivity index (χ0n) is 19.3. The minimum atomic E-state index is -4.78. The first-order chi connectivity index (χ1) is 17.1. The van der Waals surface area contributed by atoms with Gasteiger partial charge in [0.05, 0.1) is 11.4 Å². The van der Waals surface area contributed by atoms with Crippen molar-refractivity contribution < 1.29 is 31.9 Å². The van der Waals surface area contributed by atoms with E-state index in [4.69, 9.17) is 0 Å². The van der Waals surface area contributed by atoms with E-state index in [1.165, 1.54) is 42.5 Å². The number of alkyl halides is 3. The summed E-state index contributed by atoms with van der Waals surface area (Å²) >= 11 is 0. The van der Waals surface area contributed by atoms with Crippen LogP contribution in [-0.4, -0.2) is 36.3 Å².